The van der Waals surface area contributed by atoms with Crippen LogP contribution in [-0.4, -0.2) is 55.0 Å². The normalized spacial score (nSPS) is 15.5. The first-order chi connectivity index (χ1) is 17.9. The lowest BCUT2D eigenvalue weighted by Gasteiger charge is -2.34. The van der Waals surface area contributed by atoms with Crippen LogP contribution in [0.15, 0.2) is 24.3 Å². The summed E-state index contributed by atoms with van der Waals surface area (Å²) >= 11 is 0. The summed E-state index contributed by atoms with van der Waals surface area (Å²) in [7, 11) is 0. The van der Waals surface area contributed by atoms with Gasteiger partial charge in [-0.2, -0.15) is 0 Å². The Morgan fingerprint density at radius 3 is 2.19 bits per heavy atom. The molecule has 208 valence electrons. The second-order valence-corrected chi connectivity index (χ2v) is 10.5. The van der Waals surface area contributed by atoms with Crippen molar-refractivity contribution in [3.8, 4) is 5.75 Å². The molecule has 0 saturated carbocycles. The van der Waals surface area contributed by atoms with Gasteiger partial charge in [0.15, 0.2) is 0 Å². The molecule has 1 aromatic rings. The molecule has 0 spiro atoms. The van der Waals surface area contributed by atoms with Crippen molar-refractivity contribution in [2.45, 2.75) is 104 Å². The largest absolute Gasteiger partial charge is 0.494 e. The number of unbranched alkanes of at least 4 members (excludes halogenated alkanes) is 9. The number of benzene rings is 1. The van der Waals surface area contributed by atoms with E-state index < -0.39 is 12.0 Å². The van der Waals surface area contributed by atoms with Gasteiger partial charge in [0.2, 0.25) is 5.91 Å². The molecule has 1 unspecified atom stereocenters. The highest BCUT2D eigenvalue weighted by Gasteiger charge is 2.35. The highest BCUT2D eigenvalue weighted by atomic mass is 16.5. The summed E-state index contributed by atoms with van der Waals surface area (Å²) in [5.74, 6) is 0.246. The number of hydrogen-bond acceptors (Lipinski definition) is 5. The Kier molecular flexibility index (Phi) is 14.8. The highest BCUT2D eigenvalue weighted by molar-refractivity contribution is 5.99. The fraction of sp³-hybridized carbons (Fsp3) is 0.700. The predicted octanol–water partition coefficient (Wildman–Crippen LogP) is 5.91. The van der Waals surface area contributed by atoms with Gasteiger partial charge in [0.25, 0.3) is 5.91 Å². The molecule has 1 aliphatic heterocycles. The zero-order valence-corrected chi connectivity index (χ0v) is 23.3. The molecule has 1 saturated heterocycles. The number of carbonyl (C=O) groups is 3. The average molecular weight is 517 g/mol. The SMILES string of the molecule is CCCCCCCCCCCCOC(=O)CC1C(=O)NCCN1C(=O)c1ccc(OCCC(C)C)cc1. The summed E-state index contributed by atoms with van der Waals surface area (Å²) in [5, 5.41) is 2.77. The standard InChI is InChI=1S/C30H48N2O5/c1-4-5-6-7-8-9-10-11-12-13-21-37-28(33)23-27-29(34)31-19-20-32(27)30(35)25-14-16-26(17-15-25)36-22-18-24(2)3/h14-17,24,27H,4-13,18-23H2,1-3H3,(H,31,34). The number of ether oxygens (including phenoxy) is 2. The average Bonchev–Trinajstić information content (AvgIpc) is 2.88. The summed E-state index contributed by atoms with van der Waals surface area (Å²) in [4.78, 5) is 39.6. The minimum absolute atomic E-state index is 0.133. The van der Waals surface area contributed by atoms with E-state index >= 15 is 0 Å². The van der Waals surface area contributed by atoms with E-state index in [9.17, 15) is 14.4 Å². The van der Waals surface area contributed by atoms with Crippen LogP contribution < -0.4 is 10.1 Å². The third-order valence-electron chi connectivity index (χ3n) is 6.78. The van der Waals surface area contributed by atoms with Crippen LogP contribution in [0.5, 0.6) is 5.75 Å². The number of piperazine rings is 1. The van der Waals surface area contributed by atoms with Crippen molar-refractivity contribution < 1.29 is 23.9 Å². The van der Waals surface area contributed by atoms with Gasteiger partial charge in [0.1, 0.15) is 11.8 Å². The Balaban J connectivity index is 1.73. The summed E-state index contributed by atoms with van der Waals surface area (Å²) < 4.78 is 11.1. The molecule has 1 atom stereocenters. The van der Waals surface area contributed by atoms with Crippen LogP contribution >= 0.6 is 0 Å². The quantitative estimate of drug-likeness (QED) is 0.194. The molecule has 1 aromatic carbocycles. The first-order valence-corrected chi connectivity index (χ1v) is 14.4. The van der Waals surface area contributed by atoms with E-state index in [0.29, 0.717) is 43.5 Å². The van der Waals surface area contributed by atoms with Crippen molar-refractivity contribution in [1.29, 1.82) is 0 Å². The number of nitrogens with zero attached hydrogens (tertiary/aromatic N) is 1. The summed E-state index contributed by atoms with van der Waals surface area (Å²) in [5.41, 5.74) is 0.467. The van der Waals surface area contributed by atoms with Gasteiger partial charge in [0.05, 0.1) is 19.6 Å². The predicted molar refractivity (Wildman–Crippen MR) is 147 cm³/mol. The molecule has 0 bridgehead atoms. The smallest absolute Gasteiger partial charge is 0.308 e. The monoisotopic (exact) mass is 516 g/mol. The third kappa shape index (κ3) is 12.0. The molecule has 0 aromatic heterocycles. The Morgan fingerprint density at radius 1 is 0.946 bits per heavy atom. The molecule has 1 aliphatic rings. The number of nitrogens with one attached hydrogen (secondary N) is 1. The molecule has 2 rings (SSSR count). The first-order valence-electron chi connectivity index (χ1n) is 14.4. The second-order valence-electron chi connectivity index (χ2n) is 10.5. The van der Waals surface area contributed by atoms with E-state index in [1.807, 2.05) is 0 Å². The van der Waals surface area contributed by atoms with Crippen molar-refractivity contribution in [2.75, 3.05) is 26.3 Å². The number of rotatable bonds is 18. The van der Waals surface area contributed by atoms with Crippen molar-refractivity contribution >= 4 is 17.8 Å². The van der Waals surface area contributed by atoms with Gasteiger partial charge in [-0.15, -0.1) is 0 Å². The zero-order valence-electron chi connectivity index (χ0n) is 23.3. The van der Waals surface area contributed by atoms with Crippen molar-refractivity contribution in [3.63, 3.8) is 0 Å². The third-order valence-corrected chi connectivity index (χ3v) is 6.78. The van der Waals surface area contributed by atoms with Crippen LogP contribution in [0.3, 0.4) is 0 Å². The van der Waals surface area contributed by atoms with Gasteiger partial charge in [-0.25, -0.2) is 0 Å². The molecular formula is C30H48N2O5. The number of esters is 1. The number of hydrogen-bond donors (Lipinski definition) is 1. The summed E-state index contributed by atoms with van der Waals surface area (Å²) in [6, 6.07) is 6.10. The van der Waals surface area contributed by atoms with Crippen molar-refractivity contribution in [2.24, 2.45) is 5.92 Å². The fourth-order valence-corrected chi connectivity index (χ4v) is 4.43. The molecule has 0 aliphatic carbocycles. The Labute approximate surface area is 223 Å². The van der Waals surface area contributed by atoms with Crippen LogP contribution in [0.2, 0.25) is 0 Å². The van der Waals surface area contributed by atoms with Gasteiger partial charge in [0, 0.05) is 18.7 Å². The molecule has 0 radical (unpaired) electrons. The Morgan fingerprint density at radius 2 is 1.57 bits per heavy atom. The van der Waals surface area contributed by atoms with Crippen molar-refractivity contribution in [1.82, 2.24) is 10.2 Å². The lowest BCUT2D eigenvalue weighted by molar-refractivity contribution is -0.147. The van der Waals surface area contributed by atoms with Crippen molar-refractivity contribution in [3.05, 3.63) is 29.8 Å². The molecule has 1 heterocycles. The van der Waals surface area contributed by atoms with E-state index in [-0.39, 0.29) is 18.2 Å². The van der Waals surface area contributed by atoms with E-state index in [0.717, 1.165) is 25.7 Å². The van der Waals surface area contributed by atoms with E-state index in [2.05, 4.69) is 26.1 Å². The summed E-state index contributed by atoms with van der Waals surface area (Å²) in [6.07, 6.45) is 12.9. The fourth-order valence-electron chi connectivity index (χ4n) is 4.43. The van der Waals surface area contributed by atoms with Gasteiger partial charge in [-0.1, -0.05) is 78.6 Å². The van der Waals surface area contributed by atoms with E-state index in [1.165, 1.54) is 49.8 Å². The maximum absolute atomic E-state index is 13.2. The minimum Gasteiger partial charge on any atom is -0.494 e. The number of carbonyl (C=O) groups excluding carboxylic acids is 3. The molecule has 37 heavy (non-hydrogen) atoms. The minimum atomic E-state index is -0.858. The van der Waals surface area contributed by atoms with Gasteiger partial charge in [-0.05, 0) is 43.0 Å². The molecule has 1 N–H and O–H groups in total. The van der Waals surface area contributed by atoms with Gasteiger partial charge < -0.3 is 19.7 Å². The van der Waals surface area contributed by atoms with Gasteiger partial charge in [-0.3, -0.25) is 14.4 Å². The van der Waals surface area contributed by atoms with Crippen LogP contribution in [0.4, 0.5) is 0 Å². The second kappa shape index (κ2) is 17.8. The van der Waals surface area contributed by atoms with E-state index in [1.54, 1.807) is 24.3 Å². The first kappa shape index (κ1) is 30.7. The molecule has 7 nitrogen and oxygen atoms in total. The van der Waals surface area contributed by atoms with Crippen LogP contribution in [0.25, 0.3) is 0 Å². The molecule has 7 heteroatoms. The molecule has 2 amide bonds. The lowest BCUT2D eigenvalue weighted by atomic mass is 10.1. The Bertz CT molecular complexity index is 809. The summed E-state index contributed by atoms with van der Waals surface area (Å²) in [6.45, 7) is 8.22. The van der Waals surface area contributed by atoms with Gasteiger partial charge >= 0.3 is 5.97 Å². The lowest BCUT2D eigenvalue weighted by Crippen LogP contribution is -2.57. The maximum atomic E-state index is 13.2. The van der Waals surface area contributed by atoms with Crippen LogP contribution in [0, 0.1) is 5.92 Å². The van der Waals surface area contributed by atoms with Crippen LogP contribution in [-0.2, 0) is 14.3 Å². The van der Waals surface area contributed by atoms with E-state index in [4.69, 9.17) is 9.47 Å². The van der Waals surface area contributed by atoms with Crippen LogP contribution in [0.1, 0.15) is 108 Å². The molecule has 1 fully saturated rings. The maximum Gasteiger partial charge on any atom is 0.308 e. The topological polar surface area (TPSA) is 84.9 Å². The zero-order chi connectivity index (χ0) is 26.9. The molecular weight excluding hydrogens is 468 g/mol. The highest BCUT2D eigenvalue weighted by Crippen LogP contribution is 2.19. The Hall–Kier alpha value is -2.57. The number of amides is 2.